The zero-order valence-electron chi connectivity index (χ0n) is 15.1. The SMILES string of the molecule is Cc1nc(CNC(=O)c2cnc(N(C)C)nc2-c2ccccn2)sc1C. The Morgan fingerprint density at radius 3 is 2.62 bits per heavy atom. The Kier molecular flexibility index (Phi) is 5.22. The number of aromatic nitrogens is 4. The molecule has 0 aliphatic carbocycles. The first-order chi connectivity index (χ1) is 12.5. The van der Waals surface area contributed by atoms with Crippen LogP contribution in [0.25, 0.3) is 11.4 Å². The highest BCUT2D eigenvalue weighted by Gasteiger charge is 2.18. The number of carbonyl (C=O) groups excluding carboxylic acids is 1. The molecule has 7 nitrogen and oxygen atoms in total. The number of nitrogens with zero attached hydrogens (tertiary/aromatic N) is 5. The van der Waals surface area contributed by atoms with Crippen molar-refractivity contribution in [3.05, 3.63) is 51.7 Å². The highest BCUT2D eigenvalue weighted by molar-refractivity contribution is 7.11. The van der Waals surface area contributed by atoms with Crippen molar-refractivity contribution in [1.82, 2.24) is 25.3 Å². The second kappa shape index (κ2) is 7.57. The average molecular weight is 368 g/mol. The first-order valence-electron chi connectivity index (χ1n) is 8.12. The van der Waals surface area contributed by atoms with Gasteiger partial charge in [-0.2, -0.15) is 0 Å². The Morgan fingerprint density at radius 1 is 1.19 bits per heavy atom. The number of anilines is 1. The topological polar surface area (TPSA) is 83.9 Å². The Balaban J connectivity index is 1.89. The summed E-state index contributed by atoms with van der Waals surface area (Å²) in [4.78, 5) is 33.2. The predicted molar refractivity (Wildman–Crippen MR) is 102 cm³/mol. The normalized spacial score (nSPS) is 10.6. The third-order valence-corrected chi connectivity index (χ3v) is 4.87. The van der Waals surface area contributed by atoms with E-state index in [-0.39, 0.29) is 5.91 Å². The molecule has 0 radical (unpaired) electrons. The summed E-state index contributed by atoms with van der Waals surface area (Å²) >= 11 is 1.58. The van der Waals surface area contributed by atoms with E-state index in [1.165, 1.54) is 0 Å². The fourth-order valence-corrected chi connectivity index (χ4v) is 3.19. The molecule has 0 fully saturated rings. The van der Waals surface area contributed by atoms with Gasteiger partial charge in [-0.3, -0.25) is 9.78 Å². The molecule has 0 aliphatic heterocycles. The van der Waals surface area contributed by atoms with Crippen LogP contribution < -0.4 is 10.2 Å². The van der Waals surface area contributed by atoms with Gasteiger partial charge in [0.1, 0.15) is 10.7 Å². The smallest absolute Gasteiger partial charge is 0.255 e. The molecule has 0 bridgehead atoms. The summed E-state index contributed by atoms with van der Waals surface area (Å²) in [5.74, 6) is 0.273. The first-order valence-corrected chi connectivity index (χ1v) is 8.94. The molecule has 1 N–H and O–H groups in total. The van der Waals surface area contributed by atoms with Crippen LogP contribution in [-0.4, -0.2) is 39.9 Å². The predicted octanol–water partition coefficient (Wildman–Crippen LogP) is 2.61. The second-order valence-electron chi connectivity index (χ2n) is 5.97. The lowest BCUT2D eigenvalue weighted by molar-refractivity contribution is 0.0951. The number of hydrogen-bond donors (Lipinski definition) is 1. The molecule has 0 atom stereocenters. The molecule has 0 unspecified atom stereocenters. The van der Waals surface area contributed by atoms with Gasteiger partial charge in [0.2, 0.25) is 5.95 Å². The van der Waals surface area contributed by atoms with E-state index in [4.69, 9.17) is 0 Å². The van der Waals surface area contributed by atoms with E-state index in [2.05, 4.69) is 25.3 Å². The molecule has 0 aromatic carbocycles. The maximum absolute atomic E-state index is 12.7. The molecule has 1 amide bonds. The first kappa shape index (κ1) is 17.9. The van der Waals surface area contributed by atoms with Crippen molar-refractivity contribution < 1.29 is 4.79 Å². The van der Waals surface area contributed by atoms with Crippen molar-refractivity contribution >= 4 is 23.2 Å². The minimum absolute atomic E-state index is 0.249. The minimum Gasteiger partial charge on any atom is -0.347 e. The van der Waals surface area contributed by atoms with Gasteiger partial charge < -0.3 is 10.2 Å². The lowest BCUT2D eigenvalue weighted by Crippen LogP contribution is -2.25. The summed E-state index contributed by atoms with van der Waals surface area (Å²) in [6.45, 7) is 4.35. The van der Waals surface area contributed by atoms with E-state index in [0.29, 0.717) is 29.4 Å². The number of amides is 1. The molecule has 3 aromatic heterocycles. The van der Waals surface area contributed by atoms with Crippen LogP contribution in [0.5, 0.6) is 0 Å². The fourth-order valence-electron chi connectivity index (χ4n) is 2.32. The monoisotopic (exact) mass is 368 g/mol. The number of pyridine rings is 1. The van der Waals surface area contributed by atoms with Crippen LogP contribution in [0.1, 0.15) is 25.9 Å². The van der Waals surface area contributed by atoms with E-state index >= 15 is 0 Å². The zero-order chi connectivity index (χ0) is 18.7. The standard InChI is InChI=1S/C18H20N6OS/c1-11-12(2)26-15(22-11)10-20-17(25)13-9-21-18(24(3)4)23-16(13)14-7-5-6-8-19-14/h5-9H,10H2,1-4H3,(H,20,25). The van der Waals surface area contributed by atoms with Gasteiger partial charge in [-0.05, 0) is 26.0 Å². The van der Waals surface area contributed by atoms with Crippen molar-refractivity contribution in [1.29, 1.82) is 0 Å². The third-order valence-electron chi connectivity index (χ3n) is 3.80. The summed E-state index contributed by atoms with van der Waals surface area (Å²) in [6, 6.07) is 5.51. The molecule has 0 aliphatic rings. The van der Waals surface area contributed by atoms with Crippen molar-refractivity contribution in [2.24, 2.45) is 0 Å². The quantitative estimate of drug-likeness (QED) is 0.745. The highest BCUT2D eigenvalue weighted by Crippen LogP contribution is 2.21. The molecule has 0 spiro atoms. The molecular formula is C18H20N6OS. The molecule has 3 heterocycles. The Labute approximate surface area is 156 Å². The van der Waals surface area contributed by atoms with Crippen molar-refractivity contribution in [3.63, 3.8) is 0 Å². The number of rotatable bonds is 5. The van der Waals surface area contributed by atoms with E-state index in [9.17, 15) is 4.79 Å². The summed E-state index contributed by atoms with van der Waals surface area (Å²) in [6.07, 6.45) is 3.22. The van der Waals surface area contributed by atoms with Crippen LogP contribution in [0.3, 0.4) is 0 Å². The van der Waals surface area contributed by atoms with Gasteiger partial charge in [0.05, 0.1) is 23.5 Å². The van der Waals surface area contributed by atoms with Crippen molar-refractivity contribution in [2.45, 2.75) is 20.4 Å². The summed E-state index contributed by atoms with van der Waals surface area (Å²) in [5, 5.41) is 3.78. The number of carbonyl (C=O) groups is 1. The molecule has 3 rings (SSSR count). The molecule has 8 heteroatoms. The third kappa shape index (κ3) is 3.85. The van der Waals surface area contributed by atoms with Gasteiger partial charge in [0, 0.05) is 31.4 Å². The zero-order valence-corrected chi connectivity index (χ0v) is 16.0. The van der Waals surface area contributed by atoms with Gasteiger partial charge in [-0.25, -0.2) is 15.0 Å². The molecule has 134 valence electrons. The second-order valence-corrected chi connectivity index (χ2v) is 7.26. The number of nitrogens with one attached hydrogen (secondary N) is 1. The minimum atomic E-state index is -0.249. The van der Waals surface area contributed by atoms with E-state index in [1.807, 2.05) is 46.1 Å². The van der Waals surface area contributed by atoms with Crippen LogP contribution in [0.4, 0.5) is 5.95 Å². The van der Waals surface area contributed by atoms with E-state index in [1.54, 1.807) is 28.6 Å². The van der Waals surface area contributed by atoms with Crippen LogP contribution in [0, 0.1) is 13.8 Å². The lowest BCUT2D eigenvalue weighted by atomic mass is 10.1. The number of aryl methyl sites for hydroxylation is 2. The Hall–Kier alpha value is -2.87. The fraction of sp³-hybridized carbons (Fsp3) is 0.278. The van der Waals surface area contributed by atoms with E-state index in [0.717, 1.165) is 15.6 Å². The molecule has 0 saturated heterocycles. The Bertz CT molecular complexity index is 903. The lowest BCUT2D eigenvalue weighted by Gasteiger charge is -2.14. The molecule has 0 saturated carbocycles. The van der Waals surface area contributed by atoms with Gasteiger partial charge >= 0.3 is 0 Å². The molecule has 26 heavy (non-hydrogen) atoms. The number of hydrogen-bond acceptors (Lipinski definition) is 7. The maximum atomic E-state index is 12.7. The van der Waals surface area contributed by atoms with Gasteiger partial charge in [0.25, 0.3) is 5.91 Å². The Morgan fingerprint density at radius 2 is 2.00 bits per heavy atom. The maximum Gasteiger partial charge on any atom is 0.255 e. The van der Waals surface area contributed by atoms with Crippen molar-refractivity contribution in [3.8, 4) is 11.4 Å². The van der Waals surface area contributed by atoms with Crippen LogP contribution in [0.2, 0.25) is 0 Å². The van der Waals surface area contributed by atoms with Crippen LogP contribution >= 0.6 is 11.3 Å². The number of thiazole rings is 1. The largest absolute Gasteiger partial charge is 0.347 e. The average Bonchev–Trinajstić information content (AvgIpc) is 2.97. The van der Waals surface area contributed by atoms with Gasteiger partial charge in [0.15, 0.2) is 0 Å². The molecular weight excluding hydrogens is 348 g/mol. The van der Waals surface area contributed by atoms with Crippen LogP contribution in [0.15, 0.2) is 30.6 Å². The van der Waals surface area contributed by atoms with Gasteiger partial charge in [-0.1, -0.05) is 6.07 Å². The van der Waals surface area contributed by atoms with Crippen molar-refractivity contribution in [2.75, 3.05) is 19.0 Å². The van der Waals surface area contributed by atoms with Crippen LogP contribution in [-0.2, 0) is 6.54 Å². The van der Waals surface area contributed by atoms with E-state index < -0.39 is 0 Å². The summed E-state index contributed by atoms with van der Waals surface area (Å²) < 4.78 is 0. The highest BCUT2D eigenvalue weighted by atomic mass is 32.1. The summed E-state index contributed by atoms with van der Waals surface area (Å²) in [7, 11) is 3.70. The summed E-state index contributed by atoms with van der Waals surface area (Å²) in [5.41, 5.74) is 2.52. The molecule has 3 aromatic rings. The van der Waals surface area contributed by atoms with Gasteiger partial charge in [-0.15, -0.1) is 11.3 Å².